The van der Waals surface area contributed by atoms with Crippen molar-refractivity contribution in [2.75, 3.05) is 13.1 Å². The van der Waals surface area contributed by atoms with E-state index in [0.717, 1.165) is 63.2 Å². The molecule has 2 aliphatic heterocycles. The molecular formula is C20H29N5O. The molecule has 0 aliphatic carbocycles. The van der Waals surface area contributed by atoms with Gasteiger partial charge in [0, 0.05) is 43.5 Å². The second-order valence-electron chi connectivity index (χ2n) is 7.93. The Kier molecular flexibility index (Phi) is 4.94. The molecule has 6 heteroatoms. The first-order valence-corrected chi connectivity index (χ1v) is 9.90. The Morgan fingerprint density at radius 2 is 1.96 bits per heavy atom. The summed E-state index contributed by atoms with van der Waals surface area (Å²) in [4.78, 5) is 24.1. The first kappa shape index (κ1) is 17.5. The fourth-order valence-electron chi connectivity index (χ4n) is 4.19. The second-order valence-corrected chi connectivity index (χ2v) is 7.93. The molecule has 2 aliphatic rings. The highest BCUT2D eigenvalue weighted by molar-refractivity contribution is 5.12. The van der Waals surface area contributed by atoms with Gasteiger partial charge in [0.05, 0.1) is 12.0 Å². The van der Waals surface area contributed by atoms with Crippen molar-refractivity contribution in [1.29, 1.82) is 0 Å². The van der Waals surface area contributed by atoms with Gasteiger partial charge in [-0.25, -0.2) is 9.97 Å². The third kappa shape index (κ3) is 3.61. The molecule has 0 saturated carbocycles. The summed E-state index contributed by atoms with van der Waals surface area (Å²) in [6.07, 6.45) is 9.91. The van der Waals surface area contributed by atoms with Crippen LogP contribution in [0.15, 0.2) is 17.3 Å². The molecule has 0 bridgehead atoms. The zero-order chi connectivity index (χ0) is 18.1. The second kappa shape index (κ2) is 7.35. The van der Waals surface area contributed by atoms with E-state index in [1.807, 2.05) is 13.8 Å². The average Bonchev–Trinajstić information content (AvgIpc) is 3.06. The van der Waals surface area contributed by atoms with Crippen LogP contribution >= 0.6 is 0 Å². The summed E-state index contributed by atoms with van der Waals surface area (Å²) >= 11 is 0. The van der Waals surface area contributed by atoms with E-state index in [-0.39, 0.29) is 5.56 Å². The highest BCUT2D eigenvalue weighted by Crippen LogP contribution is 2.21. The normalized spacial score (nSPS) is 18.8. The van der Waals surface area contributed by atoms with Crippen LogP contribution in [0.5, 0.6) is 0 Å². The molecule has 0 amide bonds. The van der Waals surface area contributed by atoms with Gasteiger partial charge in [-0.05, 0) is 58.5 Å². The SMILES string of the molecule is Cc1ncn(CC2CCN(Cc3cn4c(n3)CCCC4)CC2)c(=O)c1C. The average molecular weight is 355 g/mol. The van der Waals surface area contributed by atoms with Gasteiger partial charge in [-0.3, -0.25) is 14.3 Å². The monoisotopic (exact) mass is 355 g/mol. The summed E-state index contributed by atoms with van der Waals surface area (Å²) in [6, 6.07) is 0. The summed E-state index contributed by atoms with van der Waals surface area (Å²) in [5.74, 6) is 1.82. The highest BCUT2D eigenvalue weighted by Gasteiger charge is 2.22. The molecule has 4 heterocycles. The van der Waals surface area contributed by atoms with E-state index in [0.29, 0.717) is 5.92 Å². The number of aromatic nitrogens is 4. The van der Waals surface area contributed by atoms with E-state index < -0.39 is 0 Å². The predicted octanol–water partition coefficient (Wildman–Crippen LogP) is 2.31. The van der Waals surface area contributed by atoms with Crippen molar-refractivity contribution < 1.29 is 0 Å². The van der Waals surface area contributed by atoms with E-state index in [9.17, 15) is 4.79 Å². The van der Waals surface area contributed by atoms with Crippen LogP contribution in [0.25, 0.3) is 0 Å². The predicted molar refractivity (Wildman–Crippen MR) is 101 cm³/mol. The van der Waals surface area contributed by atoms with Crippen molar-refractivity contribution in [3.63, 3.8) is 0 Å². The van der Waals surface area contributed by atoms with Crippen LogP contribution in [0.3, 0.4) is 0 Å². The van der Waals surface area contributed by atoms with E-state index in [4.69, 9.17) is 4.98 Å². The van der Waals surface area contributed by atoms with Crippen molar-refractivity contribution in [3.05, 3.63) is 45.7 Å². The standard InChI is InChI=1S/C20H29N5O/c1-15-16(2)21-14-25(20(15)26)11-17-6-9-23(10-7-17)12-18-13-24-8-4-3-5-19(24)22-18/h13-14,17H,3-12H2,1-2H3. The van der Waals surface area contributed by atoms with Crippen molar-refractivity contribution in [2.45, 2.75) is 65.6 Å². The summed E-state index contributed by atoms with van der Waals surface area (Å²) in [5, 5.41) is 0. The third-order valence-corrected chi connectivity index (χ3v) is 6.02. The van der Waals surface area contributed by atoms with Crippen LogP contribution in [-0.2, 0) is 26.1 Å². The van der Waals surface area contributed by atoms with Crippen LogP contribution in [-0.4, -0.2) is 37.1 Å². The number of imidazole rings is 1. The summed E-state index contributed by atoms with van der Waals surface area (Å²) < 4.78 is 4.14. The number of rotatable bonds is 4. The molecule has 0 radical (unpaired) electrons. The quantitative estimate of drug-likeness (QED) is 0.844. The maximum absolute atomic E-state index is 12.4. The summed E-state index contributed by atoms with van der Waals surface area (Å²) in [6.45, 7) is 8.81. The molecule has 1 fully saturated rings. The van der Waals surface area contributed by atoms with Crippen LogP contribution in [0.2, 0.25) is 0 Å². The fourth-order valence-corrected chi connectivity index (χ4v) is 4.19. The molecule has 26 heavy (non-hydrogen) atoms. The lowest BCUT2D eigenvalue weighted by molar-refractivity contribution is 0.164. The molecule has 6 nitrogen and oxygen atoms in total. The van der Waals surface area contributed by atoms with Crippen LogP contribution in [0.4, 0.5) is 0 Å². The number of fused-ring (bicyclic) bond motifs is 1. The Morgan fingerprint density at radius 1 is 1.15 bits per heavy atom. The van der Waals surface area contributed by atoms with Gasteiger partial charge in [0.1, 0.15) is 5.82 Å². The molecule has 4 rings (SSSR count). The Bertz CT molecular complexity index is 806. The van der Waals surface area contributed by atoms with E-state index >= 15 is 0 Å². The number of hydrogen-bond acceptors (Lipinski definition) is 4. The lowest BCUT2D eigenvalue weighted by atomic mass is 9.96. The maximum Gasteiger partial charge on any atom is 0.256 e. The molecular weight excluding hydrogens is 326 g/mol. The molecule has 0 spiro atoms. The maximum atomic E-state index is 12.4. The summed E-state index contributed by atoms with van der Waals surface area (Å²) in [7, 11) is 0. The lowest BCUT2D eigenvalue weighted by Crippen LogP contribution is -2.36. The molecule has 140 valence electrons. The molecule has 1 saturated heterocycles. The van der Waals surface area contributed by atoms with Gasteiger partial charge in [0.2, 0.25) is 0 Å². The number of piperidine rings is 1. The molecule has 0 unspecified atom stereocenters. The molecule has 0 aromatic carbocycles. The van der Waals surface area contributed by atoms with Crippen molar-refractivity contribution >= 4 is 0 Å². The number of aryl methyl sites for hydroxylation is 3. The van der Waals surface area contributed by atoms with Gasteiger partial charge >= 0.3 is 0 Å². The third-order valence-electron chi connectivity index (χ3n) is 6.02. The van der Waals surface area contributed by atoms with Gasteiger partial charge in [-0.15, -0.1) is 0 Å². The van der Waals surface area contributed by atoms with E-state index in [1.165, 1.54) is 24.4 Å². The molecule has 0 N–H and O–H groups in total. The first-order chi connectivity index (χ1) is 12.6. The van der Waals surface area contributed by atoms with Crippen molar-refractivity contribution in [1.82, 2.24) is 24.0 Å². The number of nitrogens with zero attached hydrogens (tertiary/aromatic N) is 5. The molecule has 0 atom stereocenters. The fraction of sp³-hybridized carbons (Fsp3) is 0.650. The minimum Gasteiger partial charge on any atom is -0.335 e. The van der Waals surface area contributed by atoms with E-state index in [1.54, 1.807) is 10.9 Å². The number of hydrogen-bond donors (Lipinski definition) is 0. The lowest BCUT2D eigenvalue weighted by Gasteiger charge is -2.31. The van der Waals surface area contributed by atoms with Crippen LogP contribution in [0, 0.1) is 19.8 Å². The molecule has 2 aromatic rings. The largest absolute Gasteiger partial charge is 0.335 e. The van der Waals surface area contributed by atoms with Gasteiger partial charge in [0.25, 0.3) is 5.56 Å². The first-order valence-electron chi connectivity index (χ1n) is 9.90. The van der Waals surface area contributed by atoms with Gasteiger partial charge in [-0.2, -0.15) is 0 Å². The topological polar surface area (TPSA) is 56.0 Å². The zero-order valence-electron chi connectivity index (χ0n) is 15.9. The number of likely N-dealkylation sites (tertiary alicyclic amines) is 1. The Hall–Kier alpha value is -1.95. The van der Waals surface area contributed by atoms with Gasteiger partial charge < -0.3 is 4.57 Å². The Balaban J connectivity index is 1.32. The molecule has 2 aromatic heterocycles. The highest BCUT2D eigenvalue weighted by atomic mass is 16.1. The van der Waals surface area contributed by atoms with Crippen LogP contribution < -0.4 is 5.56 Å². The van der Waals surface area contributed by atoms with Crippen molar-refractivity contribution in [3.8, 4) is 0 Å². The Labute approximate surface area is 154 Å². The minimum absolute atomic E-state index is 0.114. The van der Waals surface area contributed by atoms with E-state index in [2.05, 4.69) is 20.6 Å². The van der Waals surface area contributed by atoms with Crippen molar-refractivity contribution in [2.24, 2.45) is 5.92 Å². The summed E-state index contributed by atoms with van der Waals surface area (Å²) in [5.41, 5.74) is 2.94. The van der Waals surface area contributed by atoms with Crippen LogP contribution in [0.1, 0.15) is 48.5 Å². The van der Waals surface area contributed by atoms with Gasteiger partial charge in [0.15, 0.2) is 0 Å². The minimum atomic E-state index is 0.114. The smallest absolute Gasteiger partial charge is 0.256 e. The Morgan fingerprint density at radius 3 is 2.73 bits per heavy atom. The van der Waals surface area contributed by atoms with Gasteiger partial charge in [-0.1, -0.05) is 0 Å². The zero-order valence-corrected chi connectivity index (χ0v) is 15.9.